The van der Waals surface area contributed by atoms with Crippen molar-refractivity contribution in [3.8, 4) is 11.4 Å². The highest BCUT2D eigenvalue weighted by atomic mass is 35.5. The van der Waals surface area contributed by atoms with Gasteiger partial charge in [-0.2, -0.15) is 0 Å². The number of nitrogens with zero attached hydrogens (tertiary/aromatic N) is 3. The van der Waals surface area contributed by atoms with Crippen LogP contribution in [-0.2, 0) is 4.79 Å². The topological polar surface area (TPSA) is 114 Å². The van der Waals surface area contributed by atoms with Crippen molar-refractivity contribution in [2.75, 3.05) is 11.1 Å². The number of rotatable bonds is 6. The molecule has 138 valence electrons. The fourth-order valence-electron chi connectivity index (χ4n) is 2.19. The number of halogens is 1. The van der Waals surface area contributed by atoms with Crippen LogP contribution in [0, 0.1) is 17.0 Å². The Labute approximate surface area is 163 Å². The fourth-order valence-corrected chi connectivity index (χ4v) is 3.01. The molecule has 1 aromatic heterocycles. The number of nitro groups is 1. The van der Waals surface area contributed by atoms with Crippen LogP contribution < -0.4 is 5.32 Å². The van der Waals surface area contributed by atoms with Crippen molar-refractivity contribution in [2.45, 2.75) is 12.1 Å². The molecule has 8 nitrogen and oxygen atoms in total. The molecule has 2 aromatic carbocycles. The molecule has 0 radical (unpaired) electrons. The highest BCUT2D eigenvalue weighted by Crippen LogP contribution is 2.27. The van der Waals surface area contributed by atoms with Crippen LogP contribution in [0.25, 0.3) is 11.4 Å². The van der Waals surface area contributed by atoms with Gasteiger partial charge in [-0.1, -0.05) is 53.2 Å². The zero-order chi connectivity index (χ0) is 19.4. The average Bonchev–Trinajstić information content (AvgIpc) is 3.11. The molecule has 0 aliphatic carbocycles. The van der Waals surface area contributed by atoms with Crippen LogP contribution in [0.5, 0.6) is 0 Å². The van der Waals surface area contributed by atoms with E-state index < -0.39 is 4.92 Å². The molecule has 0 aliphatic heterocycles. The number of H-pyrrole nitrogens is 1. The maximum Gasteiger partial charge on any atom is 0.271 e. The largest absolute Gasteiger partial charge is 0.324 e. The van der Waals surface area contributed by atoms with E-state index in [1.54, 1.807) is 0 Å². The molecule has 1 heterocycles. The van der Waals surface area contributed by atoms with Crippen molar-refractivity contribution in [2.24, 2.45) is 0 Å². The molecule has 0 aliphatic rings. The van der Waals surface area contributed by atoms with Gasteiger partial charge in [-0.3, -0.25) is 20.0 Å². The van der Waals surface area contributed by atoms with E-state index in [0.717, 1.165) is 22.9 Å². The second-order valence-corrected chi connectivity index (χ2v) is 6.94. The number of aromatic amines is 1. The van der Waals surface area contributed by atoms with Crippen LogP contribution in [0.1, 0.15) is 5.56 Å². The minimum atomic E-state index is -0.553. The second kappa shape index (κ2) is 8.19. The smallest absolute Gasteiger partial charge is 0.271 e. The first-order valence-electron chi connectivity index (χ1n) is 7.78. The molecule has 0 fully saturated rings. The highest BCUT2D eigenvalue weighted by Gasteiger charge is 2.13. The summed E-state index contributed by atoms with van der Waals surface area (Å²) in [6, 6.07) is 11.7. The third-order valence-corrected chi connectivity index (χ3v) is 4.72. The summed E-state index contributed by atoms with van der Waals surface area (Å²) in [7, 11) is 0. The van der Waals surface area contributed by atoms with Gasteiger partial charge in [-0.05, 0) is 13.0 Å². The Bertz CT molecular complexity index is 990. The Morgan fingerprint density at radius 1 is 1.30 bits per heavy atom. The van der Waals surface area contributed by atoms with Crippen LogP contribution in [0.15, 0.2) is 47.6 Å². The van der Waals surface area contributed by atoms with Gasteiger partial charge in [0.05, 0.1) is 21.4 Å². The van der Waals surface area contributed by atoms with E-state index in [2.05, 4.69) is 20.5 Å². The summed E-state index contributed by atoms with van der Waals surface area (Å²) in [6.07, 6.45) is 0. The van der Waals surface area contributed by atoms with Crippen LogP contribution in [0.4, 0.5) is 11.4 Å². The standard InChI is InChI=1S/C17H14ClN5O3S/c1-10-2-4-11(5-3-10)16-20-17(22-21-16)27-9-15(24)19-14-7-6-12(23(25)26)8-13(14)18/h2-8H,9H2,1H3,(H,19,24)(H,20,21,22). The number of non-ortho nitro benzene ring substituents is 1. The predicted molar refractivity (Wildman–Crippen MR) is 104 cm³/mol. The molecule has 0 spiro atoms. The lowest BCUT2D eigenvalue weighted by molar-refractivity contribution is -0.384. The monoisotopic (exact) mass is 403 g/mol. The average molecular weight is 404 g/mol. The summed E-state index contributed by atoms with van der Waals surface area (Å²) < 4.78 is 0. The first kappa shape index (κ1) is 18.9. The number of carbonyl (C=O) groups excluding carboxylic acids is 1. The van der Waals surface area contributed by atoms with E-state index in [4.69, 9.17) is 11.6 Å². The van der Waals surface area contributed by atoms with Crippen molar-refractivity contribution in [1.82, 2.24) is 15.2 Å². The molecule has 3 rings (SSSR count). The van der Waals surface area contributed by atoms with Gasteiger partial charge < -0.3 is 5.32 Å². The Kier molecular flexibility index (Phi) is 5.72. The van der Waals surface area contributed by atoms with Crippen molar-refractivity contribution in [1.29, 1.82) is 0 Å². The van der Waals surface area contributed by atoms with Crippen LogP contribution in [0.2, 0.25) is 5.02 Å². The van der Waals surface area contributed by atoms with E-state index in [9.17, 15) is 14.9 Å². The first-order valence-corrected chi connectivity index (χ1v) is 9.15. The third kappa shape index (κ3) is 4.83. The fraction of sp³-hybridized carbons (Fsp3) is 0.118. The number of hydrogen-bond donors (Lipinski definition) is 2. The van der Waals surface area contributed by atoms with Gasteiger partial charge in [-0.15, -0.1) is 5.10 Å². The lowest BCUT2D eigenvalue weighted by Gasteiger charge is -2.06. The zero-order valence-electron chi connectivity index (χ0n) is 14.1. The van der Waals surface area contributed by atoms with Gasteiger partial charge in [0.25, 0.3) is 5.69 Å². The van der Waals surface area contributed by atoms with E-state index in [1.165, 1.54) is 18.2 Å². The van der Waals surface area contributed by atoms with E-state index >= 15 is 0 Å². The first-order chi connectivity index (χ1) is 12.9. The van der Waals surface area contributed by atoms with E-state index in [0.29, 0.717) is 16.7 Å². The normalized spacial score (nSPS) is 10.6. The lowest BCUT2D eigenvalue weighted by Crippen LogP contribution is -2.14. The summed E-state index contributed by atoms with van der Waals surface area (Å²) >= 11 is 7.12. The Hall–Kier alpha value is -2.91. The van der Waals surface area contributed by atoms with E-state index in [1.807, 2.05) is 31.2 Å². The predicted octanol–water partition coefficient (Wildman–Crippen LogP) is 4.07. The Morgan fingerprint density at radius 2 is 2.04 bits per heavy atom. The number of thioether (sulfide) groups is 1. The number of hydrogen-bond acceptors (Lipinski definition) is 6. The summed E-state index contributed by atoms with van der Waals surface area (Å²) in [4.78, 5) is 26.6. The van der Waals surface area contributed by atoms with Crippen molar-refractivity contribution >= 4 is 40.6 Å². The van der Waals surface area contributed by atoms with Gasteiger partial charge in [-0.25, -0.2) is 4.98 Å². The molecule has 2 N–H and O–H groups in total. The molecule has 3 aromatic rings. The van der Waals surface area contributed by atoms with Crippen molar-refractivity contribution < 1.29 is 9.72 Å². The summed E-state index contributed by atoms with van der Waals surface area (Å²) in [6.45, 7) is 2.00. The maximum absolute atomic E-state index is 12.1. The van der Waals surface area contributed by atoms with Gasteiger partial charge in [0.15, 0.2) is 5.82 Å². The Balaban J connectivity index is 1.58. The Morgan fingerprint density at radius 3 is 2.70 bits per heavy atom. The van der Waals surface area contributed by atoms with Crippen molar-refractivity contribution in [3.63, 3.8) is 0 Å². The summed E-state index contributed by atoms with van der Waals surface area (Å²) in [5, 5.41) is 20.8. The summed E-state index contributed by atoms with van der Waals surface area (Å²) in [5.41, 5.74) is 2.22. The number of carbonyl (C=O) groups is 1. The van der Waals surface area contributed by atoms with E-state index in [-0.39, 0.29) is 22.4 Å². The number of nitrogens with one attached hydrogen (secondary N) is 2. The molecular formula is C17H14ClN5O3S. The molecule has 1 amide bonds. The number of anilines is 1. The van der Waals surface area contributed by atoms with Crippen molar-refractivity contribution in [3.05, 3.63) is 63.2 Å². The molecule has 0 saturated carbocycles. The summed E-state index contributed by atoms with van der Waals surface area (Å²) in [5.74, 6) is 0.368. The quantitative estimate of drug-likeness (QED) is 0.364. The SMILES string of the molecule is Cc1ccc(-c2nc(SCC(=O)Nc3ccc([N+](=O)[O-])cc3Cl)n[nH]2)cc1. The molecule has 0 unspecified atom stereocenters. The minimum absolute atomic E-state index is 0.0680. The van der Waals surface area contributed by atoms with Gasteiger partial charge in [0.2, 0.25) is 11.1 Å². The number of benzene rings is 2. The lowest BCUT2D eigenvalue weighted by atomic mass is 10.1. The number of aryl methyl sites for hydroxylation is 1. The number of aromatic nitrogens is 3. The molecular weight excluding hydrogens is 390 g/mol. The second-order valence-electron chi connectivity index (χ2n) is 5.59. The zero-order valence-corrected chi connectivity index (χ0v) is 15.7. The minimum Gasteiger partial charge on any atom is -0.324 e. The molecule has 0 saturated heterocycles. The highest BCUT2D eigenvalue weighted by molar-refractivity contribution is 7.99. The van der Waals surface area contributed by atoms with Gasteiger partial charge >= 0.3 is 0 Å². The van der Waals surface area contributed by atoms with Crippen LogP contribution in [-0.4, -0.2) is 31.8 Å². The molecule has 10 heteroatoms. The van der Waals surface area contributed by atoms with Crippen LogP contribution >= 0.6 is 23.4 Å². The molecule has 0 bridgehead atoms. The number of nitro benzene ring substituents is 1. The molecule has 27 heavy (non-hydrogen) atoms. The third-order valence-electron chi connectivity index (χ3n) is 3.56. The van der Waals surface area contributed by atoms with Crippen LogP contribution in [0.3, 0.4) is 0 Å². The maximum atomic E-state index is 12.1. The van der Waals surface area contributed by atoms with Gasteiger partial charge in [0, 0.05) is 17.7 Å². The van der Waals surface area contributed by atoms with Gasteiger partial charge in [0.1, 0.15) is 0 Å². The molecule has 0 atom stereocenters. The number of amides is 1.